The van der Waals surface area contributed by atoms with Gasteiger partial charge in [0.15, 0.2) is 9.84 Å². The molecule has 1 aliphatic heterocycles. The topological polar surface area (TPSA) is 92.3 Å². The van der Waals surface area contributed by atoms with Crippen LogP contribution in [0.25, 0.3) is 0 Å². The molecule has 1 rings (SSSR count). The second-order valence-electron chi connectivity index (χ2n) is 3.12. The molecule has 0 aromatic carbocycles. The Bertz CT molecular complexity index is 325. The van der Waals surface area contributed by atoms with E-state index in [9.17, 15) is 18.0 Å². The van der Waals surface area contributed by atoms with Gasteiger partial charge in [0, 0.05) is 6.04 Å². The molecule has 2 N–H and O–H groups in total. The monoisotopic (exact) mass is 220 g/mol. The number of urea groups is 1. The summed E-state index contributed by atoms with van der Waals surface area (Å²) in [5.74, 6) is 0.104. The molecule has 0 bridgehead atoms. The molecule has 1 unspecified atom stereocenters. The van der Waals surface area contributed by atoms with Crippen molar-refractivity contribution in [2.24, 2.45) is 0 Å². The van der Waals surface area contributed by atoms with Crippen LogP contribution in [0.4, 0.5) is 4.79 Å². The van der Waals surface area contributed by atoms with Crippen molar-refractivity contribution in [3.05, 3.63) is 0 Å². The first-order valence-corrected chi connectivity index (χ1v) is 6.04. The highest BCUT2D eigenvalue weighted by Gasteiger charge is 2.28. The molecule has 7 heteroatoms. The lowest BCUT2D eigenvalue weighted by molar-refractivity contribution is -0.107. The number of nitrogens with one attached hydrogen (secondary N) is 2. The molecule has 0 aromatic rings. The highest BCUT2D eigenvalue weighted by atomic mass is 32.2. The third-order valence-electron chi connectivity index (χ3n) is 1.91. The lowest BCUT2D eigenvalue weighted by atomic mass is 10.3. The van der Waals surface area contributed by atoms with E-state index in [0.717, 1.165) is 0 Å². The smallest absolute Gasteiger partial charge is 0.315 e. The number of hydrogen-bond acceptors (Lipinski definition) is 4. The molecular formula is C7H12N2O4S. The lowest BCUT2D eigenvalue weighted by Gasteiger charge is -2.10. The van der Waals surface area contributed by atoms with Crippen LogP contribution in [-0.4, -0.2) is 44.8 Å². The molecule has 0 aliphatic carbocycles. The minimum atomic E-state index is -2.97. The van der Waals surface area contributed by atoms with Crippen LogP contribution in [0.15, 0.2) is 0 Å². The van der Waals surface area contributed by atoms with Gasteiger partial charge < -0.3 is 15.4 Å². The molecule has 0 aromatic heterocycles. The zero-order valence-electron chi connectivity index (χ0n) is 7.52. The Morgan fingerprint density at radius 1 is 1.50 bits per heavy atom. The molecule has 0 spiro atoms. The van der Waals surface area contributed by atoms with Gasteiger partial charge in [-0.25, -0.2) is 13.2 Å². The molecule has 0 radical (unpaired) electrons. The average Bonchev–Trinajstić information content (AvgIpc) is 2.42. The van der Waals surface area contributed by atoms with Crippen LogP contribution in [0.2, 0.25) is 0 Å². The van der Waals surface area contributed by atoms with E-state index < -0.39 is 15.9 Å². The van der Waals surface area contributed by atoms with E-state index in [4.69, 9.17) is 0 Å². The minimum Gasteiger partial charge on any atom is -0.334 e. The van der Waals surface area contributed by atoms with Gasteiger partial charge in [0.25, 0.3) is 0 Å². The Morgan fingerprint density at radius 2 is 2.21 bits per heavy atom. The molecular weight excluding hydrogens is 208 g/mol. The highest BCUT2D eigenvalue weighted by Crippen LogP contribution is 2.10. The van der Waals surface area contributed by atoms with Gasteiger partial charge >= 0.3 is 6.03 Å². The Balaban J connectivity index is 2.32. The van der Waals surface area contributed by atoms with Gasteiger partial charge in [-0.2, -0.15) is 0 Å². The van der Waals surface area contributed by atoms with Crippen LogP contribution >= 0.6 is 0 Å². The average molecular weight is 220 g/mol. The van der Waals surface area contributed by atoms with Gasteiger partial charge in [-0.15, -0.1) is 0 Å². The standard InChI is InChI=1S/C7H12N2O4S/c10-3-2-8-7(11)9-6-1-4-14(12,13)5-6/h3,6H,1-2,4-5H2,(H2,8,9,11). The first-order valence-electron chi connectivity index (χ1n) is 4.22. The SMILES string of the molecule is O=CCNC(=O)NC1CCS(=O)(=O)C1. The van der Waals surface area contributed by atoms with E-state index in [0.29, 0.717) is 12.7 Å². The quantitative estimate of drug-likeness (QED) is 0.576. The molecule has 14 heavy (non-hydrogen) atoms. The Morgan fingerprint density at radius 3 is 2.71 bits per heavy atom. The minimum absolute atomic E-state index is 0.0124. The van der Waals surface area contributed by atoms with E-state index in [1.807, 2.05) is 0 Å². The van der Waals surface area contributed by atoms with Gasteiger partial charge in [-0.05, 0) is 6.42 Å². The second-order valence-corrected chi connectivity index (χ2v) is 5.35. The summed E-state index contributed by atoms with van der Waals surface area (Å²) in [5.41, 5.74) is 0. The molecule has 2 amide bonds. The number of amides is 2. The molecule has 1 saturated heterocycles. The predicted molar refractivity (Wildman–Crippen MR) is 49.7 cm³/mol. The normalized spacial score (nSPS) is 24.1. The summed E-state index contributed by atoms with van der Waals surface area (Å²) < 4.78 is 22.0. The molecule has 80 valence electrons. The highest BCUT2D eigenvalue weighted by molar-refractivity contribution is 7.91. The maximum Gasteiger partial charge on any atom is 0.315 e. The number of sulfone groups is 1. The zero-order valence-corrected chi connectivity index (χ0v) is 8.34. The number of aldehydes is 1. The summed E-state index contributed by atoms with van der Waals surface area (Å²) in [7, 11) is -2.97. The third-order valence-corrected chi connectivity index (χ3v) is 3.68. The first kappa shape index (κ1) is 11.0. The number of rotatable bonds is 3. The van der Waals surface area contributed by atoms with E-state index in [1.54, 1.807) is 0 Å². The van der Waals surface area contributed by atoms with Crippen LogP contribution in [-0.2, 0) is 14.6 Å². The summed E-state index contributed by atoms with van der Waals surface area (Å²) in [6, 6.07) is -0.828. The van der Waals surface area contributed by atoms with Crippen molar-refractivity contribution in [1.82, 2.24) is 10.6 Å². The summed E-state index contributed by atoms with van der Waals surface area (Å²) in [5, 5.41) is 4.75. The van der Waals surface area contributed by atoms with Gasteiger partial charge in [0.1, 0.15) is 6.29 Å². The fourth-order valence-corrected chi connectivity index (χ4v) is 2.95. The summed E-state index contributed by atoms with van der Waals surface area (Å²) in [6.07, 6.45) is 1.00. The summed E-state index contributed by atoms with van der Waals surface area (Å²) in [6.45, 7) is -0.0642. The fraction of sp³-hybridized carbons (Fsp3) is 0.714. The van der Waals surface area contributed by atoms with Crippen molar-refractivity contribution in [1.29, 1.82) is 0 Å². The number of hydrogen-bond donors (Lipinski definition) is 2. The van der Waals surface area contributed by atoms with Crippen LogP contribution in [0.1, 0.15) is 6.42 Å². The van der Waals surface area contributed by atoms with Crippen LogP contribution in [0.3, 0.4) is 0 Å². The fourth-order valence-electron chi connectivity index (χ4n) is 1.28. The van der Waals surface area contributed by atoms with Crippen molar-refractivity contribution in [3.63, 3.8) is 0 Å². The van der Waals surface area contributed by atoms with Crippen molar-refractivity contribution in [2.45, 2.75) is 12.5 Å². The van der Waals surface area contributed by atoms with Crippen LogP contribution in [0, 0.1) is 0 Å². The third kappa shape index (κ3) is 3.33. The Hall–Kier alpha value is -1.11. The van der Waals surface area contributed by atoms with Crippen LogP contribution in [0.5, 0.6) is 0 Å². The Kier molecular flexibility index (Phi) is 3.45. The number of carbonyl (C=O) groups excluding carboxylic acids is 2. The largest absolute Gasteiger partial charge is 0.334 e. The molecule has 6 nitrogen and oxygen atoms in total. The molecule has 1 aliphatic rings. The molecule has 0 saturated carbocycles. The number of carbonyl (C=O) groups is 2. The van der Waals surface area contributed by atoms with Gasteiger partial charge in [-0.3, -0.25) is 0 Å². The van der Waals surface area contributed by atoms with Crippen molar-refractivity contribution < 1.29 is 18.0 Å². The van der Waals surface area contributed by atoms with Crippen LogP contribution < -0.4 is 10.6 Å². The van der Waals surface area contributed by atoms with Crippen molar-refractivity contribution >= 4 is 22.2 Å². The second kappa shape index (κ2) is 4.41. The molecule has 1 fully saturated rings. The molecule has 1 atom stereocenters. The van der Waals surface area contributed by atoms with E-state index >= 15 is 0 Å². The van der Waals surface area contributed by atoms with E-state index in [2.05, 4.69) is 10.6 Å². The predicted octanol–water partition coefficient (Wildman–Crippen LogP) is -1.33. The Labute approximate surface area is 82.0 Å². The van der Waals surface area contributed by atoms with Gasteiger partial charge in [0.05, 0.1) is 18.1 Å². The summed E-state index contributed by atoms with van der Waals surface area (Å²) in [4.78, 5) is 20.9. The maximum absolute atomic E-state index is 11.0. The van der Waals surface area contributed by atoms with E-state index in [1.165, 1.54) is 0 Å². The first-order chi connectivity index (χ1) is 6.53. The lowest BCUT2D eigenvalue weighted by Crippen LogP contribution is -2.43. The van der Waals surface area contributed by atoms with Gasteiger partial charge in [0.2, 0.25) is 0 Å². The molecule has 1 heterocycles. The van der Waals surface area contributed by atoms with Gasteiger partial charge in [-0.1, -0.05) is 0 Å². The van der Waals surface area contributed by atoms with Crippen molar-refractivity contribution in [2.75, 3.05) is 18.1 Å². The maximum atomic E-state index is 11.0. The zero-order chi connectivity index (χ0) is 10.6. The summed E-state index contributed by atoms with van der Waals surface area (Å²) >= 11 is 0. The van der Waals surface area contributed by atoms with Crippen molar-refractivity contribution in [3.8, 4) is 0 Å². The van der Waals surface area contributed by atoms with E-state index in [-0.39, 0.29) is 24.1 Å².